The number of furan rings is 1. The zero-order valence-electron chi connectivity index (χ0n) is 17.1. The van der Waals surface area contributed by atoms with Crippen molar-refractivity contribution in [2.24, 2.45) is 5.92 Å². The van der Waals surface area contributed by atoms with E-state index < -0.39 is 36.0 Å². The summed E-state index contributed by atoms with van der Waals surface area (Å²) < 4.78 is 11.4. The lowest BCUT2D eigenvalue weighted by Crippen LogP contribution is -2.52. The van der Waals surface area contributed by atoms with E-state index in [0.717, 1.165) is 22.7 Å². The molecule has 4 rings (SSSR count). The lowest BCUT2D eigenvalue weighted by Gasteiger charge is -2.33. The second-order valence-corrected chi connectivity index (χ2v) is 9.06. The first kappa shape index (κ1) is 21.4. The van der Waals surface area contributed by atoms with Crippen molar-refractivity contribution < 1.29 is 28.3 Å². The molecule has 2 N–H and O–H groups in total. The molecule has 0 bridgehead atoms. The third-order valence-corrected chi connectivity index (χ3v) is 6.44. The van der Waals surface area contributed by atoms with Gasteiger partial charge in [0.1, 0.15) is 11.1 Å². The van der Waals surface area contributed by atoms with Gasteiger partial charge < -0.3 is 14.5 Å². The van der Waals surface area contributed by atoms with Gasteiger partial charge in [0.15, 0.2) is 6.61 Å². The maximum Gasteiger partial charge on any atom is 0.375 e. The number of urea groups is 1. The van der Waals surface area contributed by atoms with Crippen LogP contribution in [0.25, 0.3) is 11.0 Å². The first-order valence-electron chi connectivity index (χ1n) is 10.0. The first-order valence-corrected chi connectivity index (χ1v) is 10.8. The first-order chi connectivity index (χ1) is 14.7. The summed E-state index contributed by atoms with van der Waals surface area (Å²) in [5.74, 6) is -1.61. The van der Waals surface area contributed by atoms with Gasteiger partial charge in [-0.05, 0) is 56.7 Å². The van der Waals surface area contributed by atoms with Gasteiger partial charge in [0.2, 0.25) is 5.76 Å². The monoisotopic (exact) mass is 491 g/mol. The highest BCUT2D eigenvalue weighted by Gasteiger charge is 2.52. The molecule has 2 heterocycles. The third-order valence-electron chi connectivity index (χ3n) is 5.94. The SMILES string of the molecule is Cc1c(C(=O)OCC(=O)NN2C(=O)NC3(CCC(C)CC3)C2=O)oc2ccc(Br)cc12. The second kappa shape index (κ2) is 7.99. The Morgan fingerprint density at radius 3 is 2.74 bits per heavy atom. The number of benzene rings is 1. The quantitative estimate of drug-likeness (QED) is 0.500. The predicted molar refractivity (Wildman–Crippen MR) is 113 cm³/mol. The Hall–Kier alpha value is -2.88. The maximum absolute atomic E-state index is 12.8. The number of hydrazine groups is 1. The molecule has 1 aromatic heterocycles. The van der Waals surface area contributed by atoms with Gasteiger partial charge >= 0.3 is 12.0 Å². The third kappa shape index (κ3) is 3.91. The summed E-state index contributed by atoms with van der Waals surface area (Å²) in [5, 5.41) is 4.13. The van der Waals surface area contributed by atoms with Crippen molar-refractivity contribution in [2.75, 3.05) is 6.61 Å². The van der Waals surface area contributed by atoms with Gasteiger partial charge in [-0.1, -0.05) is 22.9 Å². The van der Waals surface area contributed by atoms with Crippen molar-refractivity contribution in [2.45, 2.75) is 45.1 Å². The van der Waals surface area contributed by atoms with E-state index in [9.17, 15) is 19.2 Å². The molecular weight excluding hydrogens is 470 g/mol. The molecule has 1 aliphatic carbocycles. The summed E-state index contributed by atoms with van der Waals surface area (Å²) in [5.41, 5.74) is 2.37. The zero-order chi connectivity index (χ0) is 22.3. The number of nitrogens with one attached hydrogen (secondary N) is 2. The number of fused-ring (bicyclic) bond motifs is 1. The number of ether oxygens (including phenoxy) is 1. The van der Waals surface area contributed by atoms with Crippen LogP contribution in [0.3, 0.4) is 0 Å². The van der Waals surface area contributed by atoms with Crippen molar-refractivity contribution in [1.82, 2.24) is 15.8 Å². The number of nitrogens with zero attached hydrogens (tertiary/aromatic N) is 1. The van der Waals surface area contributed by atoms with E-state index in [2.05, 4.69) is 33.6 Å². The van der Waals surface area contributed by atoms with Gasteiger partial charge in [-0.15, -0.1) is 0 Å². The number of amides is 4. The summed E-state index contributed by atoms with van der Waals surface area (Å²) in [6.45, 7) is 3.15. The second-order valence-electron chi connectivity index (χ2n) is 8.14. The van der Waals surface area contributed by atoms with Crippen LogP contribution in [0.15, 0.2) is 27.1 Å². The standard InChI is InChI=1S/C21H22BrN3O6/c1-11-5-7-21(8-6-11)19(28)25(20(29)23-21)24-16(26)10-30-18(27)17-12(2)14-9-13(22)3-4-15(14)31-17/h3-4,9,11H,5-8,10H2,1-2H3,(H,23,29)(H,24,26). The number of hydrogen-bond donors (Lipinski definition) is 2. The minimum atomic E-state index is -0.965. The van der Waals surface area contributed by atoms with Crippen molar-refractivity contribution in [3.05, 3.63) is 34.0 Å². The van der Waals surface area contributed by atoms with Gasteiger partial charge in [-0.3, -0.25) is 15.0 Å². The molecule has 1 spiro atoms. The number of halogens is 1. The number of carbonyl (C=O) groups excluding carboxylic acids is 4. The van der Waals surface area contributed by atoms with E-state index in [-0.39, 0.29) is 5.76 Å². The van der Waals surface area contributed by atoms with Crippen LogP contribution in [0.2, 0.25) is 0 Å². The van der Waals surface area contributed by atoms with Crippen LogP contribution in [0.4, 0.5) is 4.79 Å². The highest BCUT2D eigenvalue weighted by atomic mass is 79.9. The van der Waals surface area contributed by atoms with E-state index in [1.165, 1.54) is 0 Å². The van der Waals surface area contributed by atoms with Gasteiger partial charge in [-0.25, -0.2) is 9.59 Å². The highest BCUT2D eigenvalue weighted by Crippen LogP contribution is 2.35. The maximum atomic E-state index is 12.8. The molecule has 0 radical (unpaired) electrons. The van der Waals surface area contributed by atoms with E-state index in [1.54, 1.807) is 19.1 Å². The van der Waals surface area contributed by atoms with E-state index in [4.69, 9.17) is 9.15 Å². The lowest BCUT2D eigenvalue weighted by atomic mass is 9.77. The molecule has 31 heavy (non-hydrogen) atoms. The van der Waals surface area contributed by atoms with E-state index >= 15 is 0 Å². The molecule has 1 saturated carbocycles. The van der Waals surface area contributed by atoms with Crippen LogP contribution in [-0.4, -0.2) is 41.0 Å². The molecule has 1 aliphatic heterocycles. The molecule has 1 aromatic carbocycles. The van der Waals surface area contributed by atoms with Gasteiger partial charge in [0, 0.05) is 15.4 Å². The minimum Gasteiger partial charge on any atom is -0.450 e. The summed E-state index contributed by atoms with van der Waals surface area (Å²) in [6, 6.07) is 4.64. The molecule has 0 unspecified atom stereocenters. The average Bonchev–Trinajstić information content (AvgIpc) is 3.18. The fourth-order valence-corrected chi connectivity index (χ4v) is 4.42. The zero-order valence-corrected chi connectivity index (χ0v) is 18.7. The number of aryl methyl sites for hydroxylation is 1. The Morgan fingerprint density at radius 2 is 2.03 bits per heavy atom. The molecular formula is C21H22BrN3O6. The van der Waals surface area contributed by atoms with Crippen molar-refractivity contribution in [1.29, 1.82) is 0 Å². The number of esters is 1. The van der Waals surface area contributed by atoms with Crippen LogP contribution in [0.1, 0.15) is 48.7 Å². The van der Waals surface area contributed by atoms with E-state index in [1.807, 2.05) is 6.07 Å². The number of imide groups is 1. The minimum absolute atomic E-state index is 0.00818. The van der Waals surface area contributed by atoms with Crippen LogP contribution < -0.4 is 10.7 Å². The Kier molecular flexibility index (Phi) is 5.50. The molecule has 4 amide bonds. The fourth-order valence-electron chi connectivity index (χ4n) is 4.06. The molecule has 164 valence electrons. The summed E-state index contributed by atoms with van der Waals surface area (Å²) in [7, 11) is 0. The number of carbonyl (C=O) groups is 4. The van der Waals surface area contributed by atoms with Crippen LogP contribution in [0, 0.1) is 12.8 Å². The topological polar surface area (TPSA) is 118 Å². The molecule has 2 fully saturated rings. The molecule has 2 aromatic rings. The Bertz CT molecular complexity index is 1090. The predicted octanol–water partition coefficient (Wildman–Crippen LogP) is 3.19. The fraction of sp³-hybridized carbons (Fsp3) is 0.429. The lowest BCUT2D eigenvalue weighted by molar-refractivity contribution is -0.141. The number of rotatable bonds is 4. The summed E-state index contributed by atoms with van der Waals surface area (Å²) >= 11 is 3.37. The molecule has 10 heteroatoms. The average molecular weight is 492 g/mol. The number of hydrogen-bond acceptors (Lipinski definition) is 6. The summed E-state index contributed by atoms with van der Waals surface area (Å²) in [4.78, 5) is 49.7. The van der Waals surface area contributed by atoms with E-state index in [0.29, 0.717) is 34.9 Å². The van der Waals surface area contributed by atoms with Crippen molar-refractivity contribution in [3.8, 4) is 0 Å². The van der Waals surface area contributed by atoms with Crippen LogP contribution >= 0.6 is 15.9 Å². The molecule has 9 nitrogen and oxygen atoms in total. The smallest absolute Gasteiger partial charge is 0.375 e. The Morgan fingerprint density at radius 1 is 1.32 bits per heavy atom. The normalized spacial score (nSPS) is 23.3. The Balaban J connectivity index is 1.37. The van der Waals surface area contributed by atoms with Crippen molar-refractivity contribution >= 4 is 50.7 Å². The van der Waals surface area contributed by atoms with Crippen molar-refractivity contribution in [3.63, 3.8) is 0 Å². The summed E-state index contributed by atoms with van der Waals surface area (Å²) in [6.07, 6.45) is 2.70. The highest BCUT2D eigenvalue weighted by molar-refractivity contribution is 9.10. The van der Waals surface area contributed by atoms with Gasteiger partial charge in [0.05, 0.1) is 0 Å². The van der Waals surface area contributed by atoms with Crippen LogP contribution in [-0.2, 0) is 14.3 Å². The molecule has 2 aliphatic rings. The molecule has 1 saturated heterocycles. The van der Waals surface area contributed by atoms with Gasteiger partial charge in [0.25, 0.3) is 11.8 Å². The van der Waals surface area contributed by atoms with Gasteiger partial charge in [-0.2, -0.15) is 5.01 Å². The van der Waals surface area contributed by atoms with Crippen LogP contribution in [0.5, 0.6) is 0 Å². The Labute approximate surface area is 186 Å². The largest absolute Gasteiger partial charge is 0.450 e. The molecule has 0 atom stereocenters.